The molecule has 0 amide bonds. The standard InChI is InChI=1S/2C11H9NO2/c2*12-5-3-8-1-2-11-9(7-8)10(13)4-6-14-11/h2*1-2,7H,3-4,6H2. The Morgan fingerprint density at radius 1 is 0.750 bits per heavy atom. The second-order valence-electron chi connectivity index (χ2n) is 6.37. The molecule has 2 aromatic carbocycles. The Hall–Kier alpha value is -3.64. The largest absolute Gasteiger partial charge is 0.492 e. The molecular weight excluding hydrogens is 356 g/mol. The molecule has 6 nitrogen and oxygen atoms in total. The number of benzene rings is 2. The van der Waals surface area contributed by atoms with Gasteiger partial charge in [-0.3, -0.25) is 9.59 Å². The lowest BCUT2D eigenvalue weighted by Gasteiger charge is -2.16. The van der Waals surface area contributed by atoms with Crippen LogP contribution in [0.2, 0.25) is 0 Å². The molecular formula is C22H18N2O4. The maximum Gasteiger partial charge on any atom is 0.170 e. The van der Waals surface area contributed by atoms with Gasteiger partial charge in [-0.2, -0.15) is 10.5 Å². The molecule has 0 spiro atoms. The second-order valence-corrected chi connectivity index (χ2v) is 6.37. The van der Waals surface area contributed by atoms with Crippen molar-refractivity contribution in [3.63, 3.8) is 0 Å². The summed E-state index contributed by atoms with van der Waals surface area (Å²) in [5.74, 6) is 1.49. The van der Waals surface area contributed by atoms with E-state index in [4.69, 9.17) is 20.0 Å². The molecule has 0 N–H and O–H groups in total. The molecule has 0 saturated heterocycles. The van der Waals surface area contributed by atoms with Gasteiger partial charge in [0.1, 0.15) is 11.5 Å². The lowest BCUT2D eigenvalue weighted by Crippen LogP contribution is -2.15. The summed E-state index contributed by atoms with van der Waals surface area (Å²) in [6.07, 6.45) is 1.53. The fraction of sp³-hybridized carbons (Fsp3) is 0.273. The van der Waals surface area contributed by atoms with Crippen LogP contribution in [0.1, 0.15) is 44.7 Å². The van der Waals surface area contributed by atoms with Crippen molar-refractivity contribution in [3.8, 4) is 23.6 Å². The fourth-order valence-electron chi connectivity index (χ4n) is 3.02. The summed E-state index contributed by atoms with van der Waals surface area (Å²) in [6, 6.07) is 14.8. The Balaban J connectivity index is 0.000000161. The number of hydrogen-bond donors (Lipinski definition) is 0. The Bertz CT molecular complexity index is 917. The van der Waals surface area contributed by atoms with Gasteiger partial charge in [-0.15, -0.1) is 0 Å². The molecule has 0 unspecified atom stereocenters. The third kappa shape index (κ3) is 4.36. The highest BCUT2D eigenvalue weighted by atomic mass is 16.5. The van der Waals surface area contributed by atoms with Crippen LogP contribution in [0, 0.1) is 22.7 Å². The highest BCUT2D eigenvalue weighted by Gasteiger charge is 2.19. The summed E-state index contributed by atoms with van der Waals surface area (Å²) < 4.78 is 10.6. The first-order chi connectivity index (χ1) is 13.6. The SMILES string of the molecule is N#CCc1ccc2c(c1)C(=O)CCO2.N#CCc1ccc2c(c1)C(=O)CCO2. The maximum absolute atomic E-state index is 11.5. The van der Waals surface area contributed by atoms with E-state index >= 15 is 0 Å². The number of rotatable bonds is 2. The average molecular weight is 374 g/mol. The van der Waals surface area contributed by atoms with E-state index in [1.54, 1.807) is 24.3 Å². The van der Waals surface area contributed by atoms with E-state index in [1.165, 1.54) is 0 Å². The van der Waals surface area contributed by atoms with Gasteiger partial charge in [0.05, 0.1) is 49.3 Å². The van der Waals surface area contributed by atoms with E-state index in [2.05, 4.69) is 12.1 Å². The smallest absolute Gasteiger partial charge is 0.170 e. The van der Waals surface area contributed by atoms with Gasteiger partial charge < -0.3 is 9.47 Å². The number of fused-ring (bicyclic) bond motifs is 2. The van der Waals surface area contributed by atoms with Gasteiger partial charge in [-0.1, -0.05) is 12.1 Å². The van der Waals surface area contributed by atoms with Crippen LogP contribution >= 0.6 is 0 Å². The van der Waals surface area contributed by atoms with Gasteiger partial charge in [0.15, 0.2) is 11.6 Å². The number of nitriles is 2. The van der Waals surface area contributed by atoms with E-state index in [-0.39, 0.29) is 11.6 Å². The molecule has 0 atom stereocenters. The van der Waals surface area contributed by atoms with Crippen LogP contribution in [0.4, 0.5) is 0 Å². The highest BCUT2D eigenvalue weighted by molar-refractivity contribution is 6.00. The summed E-state index contributed by atoms with van der Waals surface area (Å²) in [5.41, 5.74) is 2.96. The minimum Gasteiger partial charge on any atom is -0.492 e. The minimum atomic E-state index is 0.103. The molecule has 0 bridgehead atoms. The van der Waals surface area contributed by atoms with Crippen LogP contribution in [0.3, 0.4) is 0 Å². The van der Waals surface area contributed by atoms with Gasteiger partial charge in [0.2, 0.25) is 0 Å². The van der Waals surface area contributed by atoms with Crippen molar-refractivity contribution >= 4 is 11.6 Å². The second kappa shape index (κ2) is 8.83. The number of ether oxygens (including phenoxy) is 2. The summed E-state index contributed by atoms with van der Waals surface area (Å²) in [6.45, 7) is 0.923. The number of hydrogen-bond acceptors (Lipinski definition) is 6. The number of carbonyl (C=O) groups is 2. The monoisotopic (exact) mass is 374 g/mol. The Morgan fingerprint density at radius 2 is 1.18 bits per heavy atom. The number of ketones is 2. The van der Waals surface area contributed by atoms with Crippen molar-refractivity contribution in [2.75, 3.05) is 13.2 Å². The van der Waals surface area contributed by atoms with Crippen LogP contribution in [0.5, 0.6) is 11.5 Å². The molecule has 0 aromatic heterocycles. The first kappa shape index (κ1) is 19.1. The zero-order valence-electron chi connectivity index (χ0n) is 15.2. The molecule has 0 aliphatic carbocycles. The number of nitrogens with zero attached hydrogens (tertiary/aromatic N) is 2. The third-order valence-electron chi connectivity index (χ3n) is 4.43. The van der Waals surface area contributed by atoms with Gasteiger partial charge in [-0.05, 0) is 35.4 Å². The van der Waals surface area contributed by atoms with Crippen molar-refractivity contribution in [2.45, 2.75) is 25.7 Å². The predicted octanol–water partition coefficient (Wildman–Crippen LogP) is 3.44. The van der Waals surface area contributed by atoms with Crippen LogP contribution in [0.15, 0.2) is 36.4 Å². The zero-order valence-corrected chi connectivity index (χ0v) is 15.2. The van der Waals surface area contributed by atoms with Crippen LogP contribution in [-0.4, -0.2) is 24.8 Å². The molecule has 28 heavy (non-hydrogen) atoms. The molecule has 0 saturated carbocycles. The number of Topliss-reactive ketones (excluding diaryl/α,β-unsaturated/α-hetero) is 2. The molecule has 2 aliphatic heterocycles. The first-order valence-electron chi connectivity index (χ1n) is 8.94. The zero-order chi connectivity index (χ0) is 19.9. The van der Waals surface area contributed by atoms with E-state index in [0.29, 0.717) is 61.5 Å². The summed E-state index contributed by atoms with van der Waals surface area (Å²) in [5, 5.41) is 17.0. The predicted molar refractivity (Wildman–Crippen MR) is 100 cm³/mol. The Kier molecular flexibility index (Phi) is 6.04. The summed E-state index contributed by atoms with van der Waals surface area (Å²) in [4.78, 5) is 23.0. The molecule has 2 heterocycles. The molecule has 0 radical (unpaired) electrons. The maximum atomic E-state index is 11.5. The lowest BCUT2D eigenvalue weighted by molar-refractivity contribution is 0.0924. The topological polar surface area (TPSA) is 100 Å². The van der Waals surface area contributed by atoms with E-state index in [9.17, 15) is 9.59 Å². The normalized spacial score (nSPS) is 14.1. The van der Waals surface area contributed by atoms with Gasteiger partial charge in [0.25, 0.3) is 0 Å². The van der Waals surface area contributed by atoms with Crippen molar-refractivity contribution in [1.82, 2.24) is 0 Å². The highest BCUT2D eigenvalue weighted by Crippen LogP contribution is 2.26. The molecule has 4 rings (SSSR count). The summed E-state index contributed by atoms with van der Waals surface area (Å²) >= 11 is 0. The van der Waals surface area contributed by atoms with Crippen LogP contribution < -0.4 is 9.47 Å². The Labute approximate surface area is 162 Å². The summed E-state index contributed by atoms with van der Waals surface area (Å²) in [7, 11) is 0. The van der Waals surface area contributed by atoms with E-state index in [1.807, 2.05) is 12.1 Å². The minimum absolute atomic E-state index is 0.103. The molecule has 6 heteroatoms. The fourth-order valence-corrected chi connectivity index (χ4v) is 3.02. The van der Waals surface area contributed by atoms with Crippen molar-refractivity contribution in [3.05, 3.63) is 58.7 Å². The van der Waals surface area contributed by atoms with Crippen molar-refractivity contribution in [1.29, 1.82) is 10.5 Å². The van der Waals surface area contributed by atoms with Crippen LogP contribution in [0.25, 0.3) is 0 Å². The van der Waals surface area contributed by atoms with Crippen LogP contribution in [-0.2, 0) is 12.8 Å². The molecule has 0 fully saturated rings. The number of carbonyl (C=O) groups excluding carboxylic acids is 2. The lowest BCUT2D eigenvalue weighted by atomic mass is 10.0. The third-order valence-corrected chi connectivity index (χ3v) is 4.43. The van der Waals surface area contributed by atoms with Crippen molar-refractivity contribution < 1.29 is 19.1 Å². The quantitative estimate of drug-likeness (QED) is 0.798. The molecule has 140 valence electrons. The first-order valence-corrected chi connectivity index (χ1v) is 8.94. The van der Waals surface area contributed by atoms with Crippen molar-refractivity contribution in [2.24, 2.45) is 0 Å². The van der Waals surface area contributed by atoms with Gasteiger partial charge in [0, 0.05) is 12.8 Å². The van der Waals surface area contributed by atoms with E-state index < -0.39 is 0 Å². The molecule has 2 aromatic rings. The molecule has 2 aliphatic rings. The van der Waals surface area contributed by atoms with E-state index in [0.717, 1.165) is 11.1 Å². The van der Waals surface area contributed by atoms with Gasteiger partial charge in [-0.25, -0.2) is 0 Å². The van der Waals surface area contributed by atoms with Gasteiger partial charge >= 0.3 is 0 Å². The Morgan fingerprint density at radius 3 is 1.57 bits per heavy atom. The average Bonchev–Trinajstić information content (AvgIpc) is 2.70.